The lowest BCUT2D eigenvalue weighted by atomic mass is 10.1. The first-order valence-corrected chi connectivity index (χ1v) is 7.64. The fraction of sp³-hybridized carbons (Fsp3) is 0.333. The summed E-state index contributed by atoms with van der Waals surface area (Å²) < 4.78 is 13.6. The maximum atomic E-state index is 13.6. The number of anilines is 2. The summed E-state index contributed by atoms with van der Waals surface area (Å²) in [5.74, 6) is -0.165. The molecule has 110 valence electrons. The summed E-state index contributed by atoms with van der Waals surface area (Å²) in [7, 11) is 0. The molecule has 3 heteroatoms. The molecule has 1 N–H and O–H groups in total. The van der Waals surface area contributed by atoms with Gasteiger partial charge in [-0.3, -0.25) is 0 Å². The third-order valence-corrected chi connectivity index (χ3v) is 3.97. The molecule has 0 saturated heterocycles. The van der Waals surface area contributed by atoms with E-state index in [1.54, 1.807) is 12.1 Å². The molecule has 1 aliphatic rings. The van der Waals surface area contributed by atoms with Crippen LogP contribution in [0.2, 0.25) is 0 Å². The second-order valence-corrected chi connectivity index (χ2v) is 5.48. The molecule has 0 unspecified atom stereocenters. The summed E-state index contributed by atoms with van der Waals surface area (Å²) in [6, 6.07) is 13.5. The van der Waals surface area contributed by atoms with E-state index in [0.29, 0.717) is 0 Å². The predicted octanol–water partition coefficient (Wildman–Crippen LogP) is 4.02. The van der Waals surface area contributed by atoms with Crippen LogP contribution in [0.25, 0.3) is 0 Å². The van der Waals surface area contributed by atoms with E-state index in [1.165, 1.54) is 16.8 Å². The van der Waals surface area contributed by atoms with Crippen LogP contribution in [0.4, 0.5) is 15.8 Å². The van der Waals surface area contributed by atoms with Gasteiger partial charge in [-0.05, 0) is 48.7 Å². The molecule has 0 radical (unpaired) electrons. The molecule has 2 nitrogen and oxygen atoms in total. The molecule has 3 rings (SSSR count). The second-order valence-electron chi connectivity index (χ2n) is 5.48. The lowest BCUT2D eigenvalue weighted by molar-refractivity contribution is 0.628. The Bertz CT molecular complexity index is 624. The summed E-state index contributed by atoms with van der Waals surface area (Å²) >= 11 is 0. The quantitative estimate of drug-likeness (QED) is 0.834. The van der Waals surface area contributed by atoms with E-state index in [4.69, 9.17) is 0 Å². The van der Waals surface area contributed by atoms with Crippen LogP contribution >= 0.6 is 0 Å². The molecule has 0 bridgehead atoms. The molecule has 0 spiro atoms. The highest BCUT2D eigenvalue weighted by atomic mass is 19.1. The number of rotatable bonds is 5. The van der Waals surface area contributed by atoms with Gasteiger partial charge in [0.15, 0.2) is 0 Å². The van der Waals surface area contributed by atoms with Crippen LogP contribution in [0.15, 0.2) is 42.5 Å². The van der Waals surface area contributed by atoms with Crippen molar-refractivity contribution >= 4 is 11.4 Å². The monoisotopic (exact) mass is 284 g/mol. The van der Waals surface area contributed by atoms with Gasteiger partial charge >= 0.3 is 0 Å². The molecular formula is C18H21FN2. The summed E-state index contributed by atoms with van der Waals surface area (Å²) in [6.45, 7) is 4.95. The Morgan fingerprint density at radius 2 is 2.00 bits per heavy atom. The predicted molar refractivity (Wildman–Crippen MR) is 85.5 cm³/mol. The smallest absolute Gasteiger partial charge is 0.125 e. The largest absolute Gasteiger partial charge is 0.341 e. The third kappa shape index (κ3) is 2.93. The second kappa shape index (κ2) is 6.27. The van der Waals surface area contributed by atoms with Gasteiger partial charge in [-0.1, -0.05) is 31.2 Å². The minimum atomic E-state index is -0.165. The minimum absolute atomic E-state index is 0.165. The minimum Gasteiger partial charge on any atom is -0.341 e. The van der Waals surface area contributed by atoms with Crippen LogP contribution < -0.4 is 10.2 Å². The van der Waals surface area contributed by atoms with E-state index in [-0.39, 0.29) is 5.82 Å². The highest BCUT2D eigenvalue weighted by molar-refractivity contribution is 5.72. The van der Waals surface area contributed by atoms with Crippen LogP contribution in [0, 0.1) is 5.82 Å². The molecule has 0 aliphatic carbocycles. The summed E-state index contributed by atoms with van der Waals surface area (Å²) in [5.41, 5.74) is 4.69. The Labute approximate surface area is 125 Å². The van der Waals surface area contributed by atoms with Crippen LogP contribution in [0.1, 0.15) is 24.5 Å². The maximum Gasteiger partial charge on any atom is 0.125 e. The zero-order chi connectivity index (χ0) is 14.7. The molecule has 0 amide bonds. The fourth-order valence-corrected chi connectivity index (χ4v) is 2.93. The first-order chi connectivity index (χ1) is 10.3. The van der Waals surface area contributed by atoms with E-state index >= 15 is 0 Å². The van der Waals surface area contributed by atoms with Gasteiger partial charge < -0.3 is 10.2 Å². The number of hydrogen-bond acceptors (Lipinski definition) is 2. The van der Waals surface area contributed by atoms with E-state index in [2.05, 4.69) is 41.4 Å². The lowest BCUT2D eigenvalue weighted by Crippen LogP contribution is -2.19. The normalized spacial score (nSPS) is 13.5. The fourth-order valence-electron chi connectivity index (χ4n) is 2.93. The zero-order valence-corrected chi connectivity index (χ0v) is 12.4. The van der Waals surface area contributed by atoms with Gasteiger partial charge in [-0.2, -0.15) is 0 Å². The molecule has 2 aromatic rings. The molecule has 0 atom stereocenters. The van der Waals surface area contributed by atoms with Gasteiger partial charge in [0.1, 0.15) is 5.82 Å². The molecule has 21 heavy (non-hydrogen) atoms. The van der Waals surface area contributed by atoms with Crippen molar-refractivity contribution in [3.05, 3.63) is 59.4 Å². The van der Waals surface area contributed by atoms with Crippen molar-refractivity contribution < 1.29 is 4.39 Å². The van der Waals surface area contributed by atoms with Crippen molar-refractivity contribution in [2.45, 2.75) is 26.3 Å². The Balaban J connectivity index is 1.90. The van der Waals surface area contributed by atoms with Gasteiger partial charge in [-0.25, -0.2) is 4.39 Å². The van der Waals surface area contributed by atoms with Crippen LogP contribution in [-0.2, 0) is 13.0 Å². The molecule has 1 aliphatic heterocycles. The van der Waals surface area contributed by atoms with Gasteiger partial charge in [0.05, 0.1) is 0 Å². The molecule has 0 saturated carbocycles. The van der Waals surface area contributed by atoms with Crippen molar-refractivity contribution in [1.82, 2.24) is 5.32 Å². The standard InChI is InChI=1S/C18H21FN2/c1-2-10-20-13-15-5-3-4-6-17(15)21-11-9-14-7-8-16(19)12-18(14)21/h3-8,12,20H,2,9-11,13H2,1H3. The molecule has 2 aromatic carbocycles. The molecule has 0 fully saturated rings. The van der Waals surface area contributed by atoms with Crippen molar-refractivity contribution in [2.75, 3.05) is 18.0 Å². The van der Waals surface area contributed by atoms with Gasteiger partial charge in [0.25, 0.3) is 0 Å². The van der Waals surface area contributed by atoms with Gasteiger partial charge in [0.2, 0.25) is 0 Å². The van der Waals surface area contributed by atoms with E-state index in [1.807, 2.05) is 6.07 Å². The van der Waals surface area contributed by atoms with Gasteiger partial charge in [0, 0.05) is 24.5 Å². The third-order valence-electron chi connectivity index (χ3n) is 3.97. The molecule has 1 heterocycles. The number of hydrogen-bond donors (Lipinski definition) is 1. The average Bonchev–Trinajstić information content (AvgIpc) is 2.91. The van der Waals surface area contributed by atoms with E-state index < -0.39 is 0 Å². The summed E-state index contributed by atoms with van der Waals surface area (Å²) in [5, 5.41) is 3.45. The number of halogens is 1. The average molecular weight is 284 g/mol. The molecular weight excluding hydrogens is 263 g/mol. The summed E-state index contributed by atoms with van der Waals surface area (Å²) in [6.07, 6.45) is 2.10. The van der Waals surface area contributed by atoms with Crippen molar-refractivity contribution in [3.8, 4) is 0 Å². The Kier molecular flexibility index (Phi) is 4.20. The molecule has 0 aromatic heterocycles. The highest BCUT2D eigenvalue weighted by Crippen LogP contribution is 2.36. The highest BCUT2D eigenvalue weighted by Gasteiger charge is 2.22. The number of nitrogens with one attached hydrogen (secondary N) is 1. The maximum absolute atomic E-state index is 13.6. The number of benzene rings is 2. The Hall–Kier alpha value is -1.87. The Morgan fingerprint density at radius 1 is 1.14 bits per heavy atom. The zero-order valence-electron chi connectivity index (χ0n) is 12.4. The van der Waals surface area contributed by atoms with Crippen molar-refractivity contribution in [1.29, 1.82) is 0 Å². The number of para-hydroxylation sites is 1. The first kappa shape index (κ1) is 14.1. The number of fused-ring (bicyclic) bond motifs is 1. The SMILES string of the molecule is CCCNCc1ccccc1N1CCc2ccc(F)cc21. The van der Waals surface area contributed by atoms with Crippen LogP contribution in [0.5, 0.6) is 0 Å². The van der Waals surface area contributed by atoms with Crippen molar-refractivity contribution in [3.63, 3.8) is 0 Å². The first-order valence-electron chi connectivity index (χ1n) is 7.64. The van der Waals surface area contributed by atoms with E-state index in [9.17, 15) is 4.39 Å². The van der Waals surface area contributed by atoms with Crippen LogP contribution in [-0.4, -0.2) is 13.1 Å². The van der Waals surface area contributed by atoms with E-state index in [0.717, 1.165) is 38.2 Å². The van der Waals surface area contributed by atoms with Crippen LogP contribution in [0.3, 0.4) is 0 Å². The lowest BCUT2D eigenvalue weighted by Gasteiger charge is -2.23. The van der Waals surface area contributed by atoms with Gasteiger partial charge in [-0.15, -0.1) is 0 Å². The van der Waals surface area contributed by atoms with Crippen molar-refractivity contribution in [2.24, 2.45) is 0 Å². The Morgan fingerprint density at radius 3 is 2.86 bits per heavy atom. The number of nitrogens with zero attached hydrogens (tertiary/aromatic N) is 1. The summed E-state index contributed by atoms with van der Waals surface area (Å²) in [4.78, 5) is 2.24. The topological polar surface area (TPSA) is 15.3 Å².